The van der Waals surface area contributed by atoms with Crippen LogP contribution in [0.2, 0.25) is 0 Å². The molecule has 1 aromatic carbocycles. The third-order valence-electron chi connectivity index (χ3n) is 3.35. The lowest BCUT2D eigenvalue weighted by molar-refractivity contribution is 0.0588. The van der Waals surface area contributed by atoms with Crippen LogP contribution in [0.15, 0.2) is 12.1 Å². The molecule has 1 aliphatic carbocycles. The Kier molecular flexibility index (Phi) is 4.14. The van der Waals surface area contributed by atoms with Gasteiger partial charge >= 0.3 is 5.97 Å². The highest BCUT2D eigenvalue weighted by atomic mass is 16.5. The summed E-state index contributed by atoms with van der Waals surface area (Å²) in [5, 5.41) is 19.4. The molecule has 2 N–H and O–H groups in total. The van der Waals surface area contributed by atoms with Gasteiger partial charge in [-0.2, -0.15) is 0 Å². The Balaban J connectivity index is 2.29. The smallest absolute Gasteiger partial charge is 0.341 e. The number of carbonyl (C=O) groups is 1. The summed E-state index contributed by atoms with van der Waals surface area (Å²) in [7, 11) is 1.26. The van der Waals surface area contributed by atoms with Crippen LogP contribution in [0.25, 0.3) is 0 Å². The molecule has 0 bridgehead atoms. The summed E-state index contributed by atoms with van der Waals surface area (Å²) in [6.45, 7) is 0. The summed E-state index contributed by atoms with van der Waals surface area (Å²) in [4.78, 5) is 11.6. The van der Waals surface area contributed by atoms with Crippen LogP contribution in [-0.4, -0.2) is 29.4 Å². The number of hydrogen-bond acceptors (Lipinski definition) is 5. The fourth-order valence-electron chi connectivity index (χ4n) is 2.30. The predicted molar refractivity (Wildman–Crippen MR) is 68.6 cm³/mol. The number of methoxy groups -OCH3 is 1. The average molecular weight is 266 g/mol. The van der Waals surface area contributed by atoms with Gasteiger partial charge in [-0.3, -0.25) is 0 Å². The van der Waals surface area contributed by atoms with E-state index < -0.39 is 11.7 Å². The van der Waals surface area contributed by atoms with Gasteiger partial charge in [0.05, 0.1) is 13.2 Å². The van der Waals surface area contributed by atoms with Gasteiger partial charge in [-0.25, -0.2) is 4.79 Å². The van der Waals surface area contributed by atoms with Gasteiger partial charge in [0.2, 0.25) is 5.75 Å². The molecule has 1 aliphatic rings. The minimum absolute atomic E-state index is 0.0127. The van der Waals surface area contributed by atoms with Crippen molar-refractivity contribution >= 4 is 5.97 Å². The first-order chi connectivity index (χ1) is 9.13. The minimum Gasteiger partial charge on any atom is -0.504 e. The second kappa shape index (κ2) is 5.82. The van der Waals surface area contributed by atoms with Crippen molar-refractivity contribution in [1.29, 1.82) is 0 Å². The van der Waals surface area contributed by atoms with E-state index in [0.717, 1.165) is 25.7 Å². The fourth-order valence-corrected chi connectivity index (χ4v) is 2.30. The zero-order valence-corrected chi connectivity index (χ0v) is 10.9. The van der Waals surface area contributed by atoms with Gasteiger partial charge in [0.25, 0.3) is 0 Å². The van der Waals surface area contributed by atoms with Gasteiger partial charge < -0.3 is 19.7 Å². The first-order valence-electron chi connectivity index (χ1n) is 6.43. The topological polar surface area (TPSA) is 76.0 Å². The van der Waals surface area contributed by atoms with Gasteiger partial charge in [0.1, 0.15) is 5.56 Å². The molecule has 0 unspecified atom stereocenters. The number of hydrogen-bond donors (Lipinski definition) is 2. The maximum atomic E-state index is 11.6. The van der Waals surface area contributed by atoms with Crippen molar-refractivity contribution in [3.63, 3.8) is 0 Å². The largest absolute Gasteiger partial charge is 0.504 e. The molecular weight excluding hydrogens is 248 g/mol. The van der Waals surface area contributed by atoms with E-state index in [1.54, 1.807) is 0 Å². The molecule has 2 rings (SSSR count). The van der Waals surface area contributed by atoms with Crippen LogP contribution < -0.4 is 4.74 Å². The molecule has 0 amide bonds. The standard InChI is InChI=1S/C14H18O5/c1-18-14(17)10-7-8-11(15)12(16)13(10)19-9-5-3-2-4-6-9/h7-9,15-16H,2-6H2,1H3. The molecule has 0 heterocycles. The molecule has 0 spiro atoms. The Bertz CT molecular complexity index is 463. The number of ether oxygens (including phenoxy) is 2. The molecule has 5 nitrogen and oxygen atoms in total. The average Bonchev–Trinajstić information content (AvgIpc) is 2.44. The highest BCUT2D eigenvalue weighted by Crippen LogP contribution is 2.40. The lowest BCUT2D eigenvalue weighted by atomic mass is 9.97. The lowest BCUT2D eigenvalue weighted by Gasteiger charge is -2.24. The monoisotopic (exact) mass is 266 g/mol. The molecule has 0 radical (unpaired) electrons. The molecule has 1 aromatic rings. The van der Waals surface area contributed by atoms with Crippen LogP contribution in [0, 0.1) is 0 Å². The van der Waals surface area contributed by atoms with Gasteiger partial charge in [-0.1, -0.05) is 6.42 Å². The summed E-state index contributed by atoms with van der Waals surface area (Å²) in [5.74, 6) is -1.30. The normalized spacial score (nSPS) is 16.1. The van der Waals surface area contributed by atoms with Crippen LogP contribution in [0.1, 0.15) is 42.5 Å². The molecule has 0 aliphatic heterocycles. The molecule has 0 aromatic heterocycles. The van der Waals surface area contributed by atoms with E-state index in [1.165, 1.54) is 25.7 Å². The first-order valence-corrected chi connectivity index (χ1v) is 6.43. The minimum atomic E-state index is -0.596. The van der Waals surface area contributed by atoms with Crippen molar-refractivity contribution in [1.82, 2.24) is 0 Å². The molecule has 19 heavy (non-hydrogen) atoms. The SMILES string of the molecule is COC(=O)c1ccc(O)c(O)c1OC1CCCCC1. The Labute approximate surface area is 111 Å². The molecule has 5 heteroatoms. The van der Waals surface area contributed by atoms with Gasteiger partial charge in [0.15, 0.2) is 11.5 Å². The van der Waals surface area contributed by atoms with Gasteiger partial charge in [-0.05, 0) is 37.8 Å². The van der Waals surface area contributed by atoms with Gasteiger partial charge in [-0.15, -0.1) is 0 Å². The Morgan fingerprint density at radius 2 is 1.89 bits per heavy atom. The van der Waals surface area contributed by atoms with Gasteiger partial charge in [0, 0.05) is 0 Å². The number of carbonyl (C=O) groups excluding carboxylic acids is 1. The number of aromatic hydroxyl groups is 2. The Morgan fingerprint density at radius 1 is 1.21 bits per heavy atom. The molecule has 1 fully saturated rings. The highest BCUT2D eigenvalue weighted by molar-refractivity contribution is 5.94. The van der Waals surface area contributed by atoms with E-state index in [2.05, 4.69) is 4.74 Å². The van der Waals surface area contributed by atoms with Crippen molar-refractivity contribution in [3.8, 4) is 17.2 Å². The predicted octanol–water partition coefficient (Wildman–Crippen LogP) is 2.60. The zero-order chi connectivity index (χ0) is 13.8. The maximum Gasteiger partial charge on any atom is 0.341 e. The van der Waals surface area contributed by atoms with E-state index in [9.17, 15) is 15.0 Å². The van der Waals surface area contributed by atoms with E-state index in [0.29, 0.717) is 0 Å². The molecule has 0 atom stereocenters. The highest BCUT2D eigenvalue weighted by Gasteiger charge is 2.24. The molecule has 1 saturated carbocycles. The number of rotatable bonds is 3. The Hall–Kier alpha value is -1.91. The lowest BCUT2D eigenvalue weighted by Crippen LogP contribution is -2.21. The van der Waals surface area contributed by atoms with Crippen molar-refractivity contribution in [3.05, 3.63) is 17.7 Å². The third-order valence-corrected chi connectivity index (χ3v) is 3.35. The van der Waals surface area contributed by atoms with E-state index in [4.69, 9.17) is 4.74 Å². The van der Waals surface area contributed by atoms with Crippen LogP contribution in [0.4, 0.5) is 0 Å². The number of esters is 1. The van der Waals surface area contributed by atoms with E-state index >= 15 is 0 Å². The number of phenolic OH excluding ortho intramolecular Hbond substituents is 2. The first kappa shape index (κ1) is 13.5. The molecular formula is C14H18O5. The van der Waals surface area contributed by atoms with Crippen molar-refractivity contribution in [2.24, 2.45) is 0 Å². The quantitative estimate of drug-likeness (QED) is 0.649. The van der Waals surface area contributed by atoms with Crippen molar-refractivity contribution in [2.45, 2.75) is 38.2 Å². The Morgan fingerprint density at radius 3 is 2.53 bits per heavy atom. The maximum absolute atomic E-state index is 11.6. The van der Waals surface area contributed by atoms with Crippen LogP contribution >= 0.6 is 0 Å². The third kappa shape index (κ3) is 2.92. The van der Waals surface area contributed by atoms with E-state index in [1.807, 2.05) is 0 Å². The summed E-state index contributed by atoms with van der Waals surface area (Å²) in [5.41, 5.74) is 0.128. The number of phenols is 2. The zero-order valence-electron chi connectivity index (χ0n) is 10.9. The fraction of sp³-hybridized carbons (Fsp3) is 0.500. The van der Waals surface area contributed by atoms with Crippen LogP contribution in [0.5, 0.6) is 17.2 Å². The second-order valence-corrected chi connectivity index (χ2v) is 4.68. The summed E-state index contributed by atoms with van der Waals surface area (Å²) in [6.07, 6.45) is 5.04. The number of benzene rings is 1. The van der Waals surface area contributed by atoms with E-state index in [-0.39, 0.29) is 23.2 Å². The molecule has 0 saturated heterocycles. The van der Waals surface area contributed by atoms with Crippen molar-refractivity contribution in [2.75, 3.05) is 7.11 Å². The summed E-state index contributed by atoms with van der Waals surface area (Å²) in [6, 6.07) is 2.63. The molecule has 104 valence electrons. The second-order valence-electron chi connectivity index (χ2n) is 4.68. The van der Waals surface area contributed by atoms with Crippen LogP contribution in [0.3, 0.4) is 0 Å². The van der Waals surface area contributed by atoms with Crippen molar-refractivity contribution < 1.29 is 24.5 Å². The summed E-state index contributed by atoms with van der Waals surface area (Å²) >= 11 is 0. The summed E-state index contributed by atoms with van der Waals surface area (Å²) < 4.78 is 10.4. The van der Waals surface area contributed by atoms with Crippen LogP contribution in [-0.2, 0) is 4.74 Å².